The zero-order valence-corrected chi connectivity index (χ0v) is 8.67. The average Bonchev–Trinajstić information content (AvgIpc) is 2.09. The van der Waals surface area contributed by atoms with Crippen LogP contribution in [-0.2, 0) is 0 Å². The molecule has 0 fully saturated rings. The highest BCUT2D eigenvalue weighted by Gasteiger charge is 2.39. The zero-order valence-electron chi connectivity index (χ0n) is 8.67. The molecule has 0 rings (SSSR count). The number of hydrogen-bond donors (Lipinski definition) is 2. The van der Waals surface area contributed by atoms with E-state index in [0.717, 1.165) is 0 Å². The molecule has 2 unspecified atom stereocenters. The SMILES string of the molecule is CC(C)C(O)CNCC(C#N)C(F)(F)F. The standard InChI is InChI=1S/C9H15F3N2O/c1-6(2)8(15)5-14-4-7(3-13)9(10,11)12/h6-8,14-15H,4-5H2,1-2H3. The number of aliphatic hydroxyl groups is 1. The Bertz CT molecular complexity index is 222. The van der Waals surface area contributed by atoms with E-state index in [1.165, 1.54) is 6.07 Å². The van der Waals surface area contributed by atoms with Gasteiger partial charge in [-0.25, -0.2) is 0 Å². The lowest BCUT2D eigenvalue weighted by Gasteiger charge is -2.17. The first-order valence-corrected chi connectivity index (χ1v) is 4.64. The van der Waals surface area contributed by atoms with Crippen molar-refractivity contribution in [3.8, 4) is 6.07 Å². The van der Waals surface area contributed by atoms with Crippen molar-refractivity contribution in [1.82, 2.24) is 5.32 Å². The Hall–Kier alpha value is -0.800. The van der Waals surface area contributed by atoms with Crippen LogP contribution in [0.15, 0.2) is 0 Å². The molecule has 0 aromatic heterocycles. The van der Waals surface area contributed by atoms with Crippen molar-refractivity contribution < 1.29 is 18.3 Å². The van der Waals surface area contributed by atoms with Crippen LogP contribution in [-0.4, -0.2) is 30.5 Å². The molecule has 0 radical (unpaired) electrons. The third-order valence-electron chi connectivity index (χ3n) is 2.02. The summed E-state index contributed by atoms with van der Waals surface area (Å²) in [5, 5.41) is 20.0. The van der Waals surface area contributed by atoms with Gasteiger partial charge in [-0.15, -0.1) is 0 Å². The predicted octanol–water partition coefficient (Wildman–Crippen LogP) is 1.29. The number of alkyl halides is 3. The van der Waals surface area contributed by atoms with Crippen molar-refractivity contribution in [3.63, 3.8) is 0 Å². The van der Waals surface area contributed by atoms with E-state index in [4.69, 9.17) is 5.26 Å². The van der Waals surface area contributed by atoms with Gasteiger partial charge >= 0.3 is 6.18 Å². The van der Waals surface area contributed by atoms with Gasteiger partial charge in [0.1, 0.15) is 0 Å². The van der Waals surface area contributed by atoms with E-state index >= 15 is 0 Å². The van der Waals surface area contributed by atoms with E-state index in [1.807, 2.05) is 0 Å². The van der Waals surface area contributed by atoms with Crippen LogP contribution in [0.3, 0.4) is 0 Å². The van der Waals surface area contributed by atoms with E-state index in [2.05, 4.69) is 5.32 Å². The van der Waals surface area contributed by atoms with Gasteiger partial charge in [-0.2, -0.15) is 18.4 Å². The number of aliphatic hydroxyl groups excluding tert-OH is 1. The molecular weight excluding hydrogens is 209 g/mol. The summed E-state index contributed by atoms with van der Waals surface area (Å²) in [6, 6.07) is 1.18. The molecule has 6 heteroatoms. The summed E-state index contributed by atoms with van der Waals surface area (Å²) in [6.45, 7) is 3.10. The van der Waals surface area contributed by atoms with Gasteiger partial charge in [0.25, 0.3) is 0 Å². The highest BCUT2D eigenvalue weighted by molar-refractivity contribution is 4.90. The molecule has 0 heterocycles. The minimum Gasteiger partial charge on any atom is -0.392 e. The lowest BCUT2D eigenvalue weighted by atomic mass is 10.1. The third-order valence-corrected chi connectivity index (χ3v) is 2.02. The highest BCUT2D eigenvalue weighted by Crippen LogP contribution is 2.24. The molecule has 0 saturated heterocycles. The van der Waals surface area contributed by atoms with Gasteiger partial charge in [0.2, 0.25) is 0 Å². The third kappa shape index (κ3) is 5.60. The van der Waals surface area contributed by atoms with Crippen molar-refractivity contribution in [2.75, 3.05) is 13.1 Å². The summed E-state index contributed by atoms with van der Waals surface area (Å²) in [6.07, 6.45) is -5.21. The minimum atomic E-state index is -4.51. The molecule has 0 aromatic carbocycles. The van der Waals surface area contributed by atoms with Gasteiger partial charge in [-0.05, 0) is 5.92 Å². The van der Waals surface area contributed by atoms with Gasteiger partial charge < -0.3 is 10.4 Å². The maximum absolute atomic E-state index is 12.1. The Labute approximate surface area is 86.9 Å². The van der Waals surface area contributed by atoms with E-state index < -0.39 is 24.7 Å². The van der Waals surface area contributed by atoms with Crippen molar-refractivity contribution in [2.45, 2.75) is 26.1 Å². The fourth-order valence-electron chi connectivity index (χ4n) is 0.846. The van der Waals surface area contributed by atoms with Crippen LogP contribution in [0.25, 0.3) is 0 Å². The zero-order chi connectivity index (χ0) is 12.1. The maximum Gasteiger partial charge on any atom is 0.405 e. The molecule has 0 amide bonds. The van der Waals surface area contributed by atoms with Gasteiger partial charge in [0.05, 0.1) is 12.2 Å². The van der Waals surface area contributed by atoms with E-state index in [-0.39, 0.29) is 12.5 Å². The number of halogens is 3. The molecule has 0 spiro atoms. The molecule has 0 aliphatic carbocycles. The van der Waals surface area contributed by atoms with Crippen LogP contribution >= 0.6 is 0 Å². The number of nitrogens with zero attached hydrogens (tertiary/aromatic N) is 1. The molecule has 2 N–H and O–H groups in total. The normalized spacial score (nSPS) is 16.1. The highest BCUT2D eigenvalue weighted by atomic mass is 19.4. The molecular formula is C9H15F3N2O. The smallest absolute Gasteiger partial charge is 0.392 e. The van der Waals surface area contributed by atoms with Crippen molar-refractivity contribution >= 4 is 0 Å². The predicted molar refractivity (Wildman–Crippen MR) is 48.9 cm³/mol. The van der Waals surface area contributed by atoms with Crippen LogP contribution in [0.4, 0.5) is 13.2 Å². The van der Waals surface area contributed by atoms with E-state index in [9.17, 15) is 18.3 Å². The molecule has 88 valence electrons. The van der Waals surface area contributed by atoms with E-state index in [1.54, 1.807) is 13.8 Å². The van der Waals surface area contributed by atoms with Crippen molar-refractivity contribution in [1.29, 1.82) is 5.26 Å². The summed E-state index contributed by atoms with van der Waals surface area (Å²) in [5.41, 5.74) is 0. The monoisotopic (exact) mass is 224 g/mol. The minimum absolute atomic E-state index is 0.0241. The molecule has 0 aliphatic heterocycles. The average molecular weight is 224 g/mol. The van der Waals surface area contributed by atoms with E-state index in [0.29, 0.717) is 0 Å². The first kappa shape index (κ1) is 14.2. The van der Waals surface area contributed by atoms with Crippen LogP contribution < -0.4 is 5.32 Å². The fraction of sp³-hybridized carbons (Fsp3) is 0.889. The molecule has 0 aromatic rings. The van der Waals surface area contributed by atoms with Gasteiger partial charge in [0.15, 0.2) is 5.92 Å². The second kappa shape index (κ2) is 5.93. The summed E-state index contributed by atoms with van der Waals surface area (Å²) >= 11 is 0. The Morgan fingerprint density at radius 3 is 2.20 bits per heavy atom. The first-order valence-electron chi connectivity index (χ1n) is 4.64. The Morgan fingerprint density at radius 2 is 1.87 bits per heavy atom. The van der Waals surface area contributed by atoms with Crippen LogP contribution in [0.2, 0.25) is 0 Å². The maximum atomic E-state index is 12.1. The molecule has 0 saturated carbocycles. The summed E-state index contributed by atoms with van der Waals surface area (Å²) in [4.78, 5) is 0. The largest absolute Gasteiger partial charge is 0.405 e. The lowest BCUT2D eigenvalue weighted by molar-refractivity contribution is -0.157. The van der Waals surface area contributed by atoms with Crippen LogP contribution in [0.5, 0.6) is 0 Å². The fourth-order valence-corrected chi connectivity index (χ4v) is 0.846. The molecule has 15 heavy (non-hydrogen) atoms. The van der Waals surface area contributed by atoms with Crippen molar-refractivity contribution in [3.05, 3.63) is 0 Å². The summed E-state index contributed by atoms with van der Waals surface area (Å²) < 4.78 is 36.2. The second-order valence-electron chi connectivity index (χ2n) is 3.69. The van der Waals surface area contributed by atoms with Gasteiger partial charge in [-0.1, -0.05) is 13.8 Å². The first-order chi connectivity index (χ1) is 6.79. The molecule has 0 bridgehead atoms. The Balaban J connectivity index is 3.90. The van der Waals surface area contributed by atoms with Crippen molar-refractivity contribution in [2.24, 2.45) is 11.8 Å². The number of rotatable bonds is 5. The Morgan fingerprint density at radius 1 is 1.33 bits per heavy atom. The summed E-state index contributed by atoms with van der Waals surface area (Å²) in [7, 11) is 0. The summed E-state index contributed by atoms with van der Waals surface area (Å²) in [5.74, 6) is -2.04. The van der Waals surface area contributed by atoms with Crippen LogP contribution in [0.1, 0.15) is 13.8 Å². The lowest BCUT2D eigenvalue weighted by Crippen LogP contribution is -2.37. The van der Waals surface area contributed by atoms with Gasteiger partial charge in [-0.3, -0.25) is 0 Å². The molecule has 2 atom stereocenters. The number of nitriles is 1. The van der Waals surface area contributed by atoms with Gasteiger partial charge in [0, 0.05) is 13.1 Å². The van der Waals surface area contributed by atoms with Crippen LogP contribution in [0, 0.1) is 23.2 Å². The second-order valence-corrected chi connectivity index (χ2v) is 3.69. The number of hydrogen-bond acceptors (Lipinski definition) is 3. The quantitative estimate of drug-likeness (QED) is 0.740. The molecule has 0 aliphatic rings. The number of nitrogens with one attached hydrogen (secondary N) is 1. The molecule has 3 nitrogen and oxygen atoms in total. The Kier molecular flexibility index (Phi) is 5.61. The topological polar surface area (TPSA) is 56.0 Å².